The number of hydrogen-bond donors (Lipinski definition) is 3. The van der Waals surface area contributed by atoms with E-state index in [0.29, 0.717) is 0 Å². The number of ether oxygens (including phenoxy) is 1. The molecule has 1 heterocycles. The Kier molecular flexibility index (Phi) is 5.11. The van der Waals surface area contributed by atoms with E-state index in [0.717, 1.165) is 0 Å². The first kappa shape index (κ1) is 15.2. The zero-order chi connectivity index (χ0) is 14.6. The molecule has 0 saturated carbocycles. The van der Waals surface area contributed by atoms with Gasteiger partial charge in [-0.05, 0) is 5.92 Å². The molecule has 108 valence electrons. The van der Waals surface area contributed by atoms with Crippen molar-refractivity contribution in [1.82, 2.24) is 10.2 Å². The van der Waals surface area contributed by atoms with E-state index in [1.165, 1.54) is 4.90 Å². The second-order valence-corrected chi connectivity index (χ2v) is 4.70. The average molecular weight is 273 g/mol. The minimum atomic E-state index is -1.12. The molecule has 3 amide bonds. The van der Waals surface area contributed by atoms with Crippen LogP contribution in [0.15, 0.2) is 0 Å². The molecule has 0 bridgehead atoms. The molecule has 1 saturated heterocycles. The number of carbonyl (C=O) groups excluding carboxylic acids is 2. The minimum absolute atomic E-state index is 0.0299. The van der Waals surface area contributed by atoms with Gasteiger partial charge < -0.3 is 25.8 Å². The highest BCUT2D eigenvalue weighted by Crippen LogP contribution is 2.09. The van der Waals surface area contributed by atoms with Crippen LogP contribution in [0.3, 0.4) is 0 Å². The molecule has 1 aliphatic heterocycles. The van der Waals surface area contributed by atoms with Crippen molar-refractivity contribution in [3.8, 4) is 0 Å². The molecular weight excluding hydrogens is 254 g/mol. The lowest BCUT2D eigenvalue weighted by molar-refractivity contribution is -0.140. The summed E-state index contributed by atoms with van der Waals surface area (Å²) in [6.07, 6.45) is 0. The van der Waals surface area contributed by atoms with E-state index < -0.39 is 30.0 Å². The fourth-order valence-corrected chi connectivity index (χ4v) is 1.81. The predicted octanol–water partition coefficient (Wildman–Crippen LogP) is -1.01. The predicted molar refractivity (Wildman–Crippen MR) is 65.3 cm³/mol. The molecule has 2 atom stereocenters. The van der Waals surface area contributed by atoms with Crippen molar-refractivity contribution >= 4 is 17.9 Å². The van der Waals surface area contributed by atoms with Crippen molar-refractivity contribution in [2.45, 2.75) is 25.9 Å². The Morgan fingerprint density at radius 3 is 2.53 bits per heavy atom. The zero-order valence-electron chi connectivity index (χ0n) is 11.0. The van der Waals surface area contributed by atoms with Crippen LogP contribution in [0.5, 0.6) is 0 Å². The number of primary amides is 1. The third kappa shape index (κ3) is 3.82. The van der Waals surface area contributed by atoms with E-state index >= 15 is 0 Å². The Bertz CT molecular complexity index is 371. The average Bonchev–Trinajstić information content (AvgIpc) is 2.34. The van der Waals surface area contributed by atoms with Crippen LogP contribution in [0.25, 0.3) is 0 Å². The molecule has 0 aromatic carbocycles. The number of carboxylic acid groups (broad SMARTS) is 1. The van der Waals surface area contributed by atoms with Crippen LogP contribution in [0.2, 0.25) is 0 Å². The second-order valence-electron chi connectivity index (χ2n) is 4.70. The summed E-state index contributed by atoms with van der Waals surface area (Å²) in [5, 5.41) is 11.4. The summed E-state index contributed by atoms with van der Waals surface area (Å²) in [4.78, 5) is 35.5. The quantitative estimate of drug-likeness (QED) is 0.606. The van der Waals surface area contributed by atoms with Gasteiger partial charge in [-0.2, -0.15) is 0 Å². The molecule has 0 spiro atoms. The summed E-state index contributed by atoms with van der Waals surface area (Å²) >= 11 is 0. The molecular formula is C11H19N3O5. The maximum Gasteiger partial charge on any atom is 0.326 e. The Morgan fingerprint density at radius 1 is 1.42 bits per heavy atom. The highest BCUT2D eigenvalue weighted by atomic mass is 16.5. The lowest BCUT2D eigenvalue weighted by Crippen LogP contribution is -2.59. The first-order valence-corrected chi connectivity index (χ1v) is 6.01. The Labute approximate surface area is 110 Å². The second kappa shape index (κ2) is 6.37. The van der Waals surface area contributed by atoms with Crippen molar-refractivity contribution in [3.05, 3.63) is 0 Å². The molecule has 0 aromatic rings. The summed E-state index contributed by atoms with van der Waals surface area (Å²) in [6, 6.07) is -2.49. The lowest BCUT2D eigenvalue weighted by Gasteiger charge is -2.34. The fourth-order valence-electron chi connectivity index (χ4n) is 1.81. The van der Waals surface area contributed by atoms with E-state index in [1.807, 2.05) is 0 Å². The van der Waals surface area contributed by atoms with Gasteiger partial charge in [0.25, 0.3) is 0 Å². The molecule has 1 aliphatic rings. The molecule has 2 unspecified atom stereocenters. The molecule has 8 nitrogen and oxygen atoms in total. The molecule has 0 aromatic heterocycles. The number of carbonyl (C=O) groups is 3. The van der Waals surface area contributed by atoms with Crippen LogP contribution in [-0.2, 0) is 14.3 Å². The van der Waals surface area contributed by atoms with Crippen LogP contribution < -0.4 is 11.1 Å². The first-order valence-electron chi connectivity index (χ1n) is 6.01. The molecule has 1 fully saturated rings. The van der Waals surface area contributed by atoms with Crippen molar-refractivity contribution < 1.29 is 24.2 Å². The maximum atomic E-state index is 12.0. The zero-order valence-corrected chi connectivity index (χ0v) is 11.0. The number of carboxylic acids is 1. The highest BCUT2D eigenvalue weighted by molar-refractivity contribution is 5.88. The van der Waals surface area contributed by atoms with Crippen LogP contribution in [-0.4, -0.2) is 59.8 Å². The van der Waals surface area contributed by atoms with Crippen molar-refractivity contribution in [3.63, 3.8) is 0 Å². The normalized spacial score (nSPS) is 21.0. The summed E-state index contributed by atoms with van der Waals surface area (Å²) < 4.78 is 5.08. The Hall–Kier alpha value is -1.83. The Morgan fingerprint density at radius 2 is 2.05 bits per heavy atom. The number of amides is 3. The van der Waals surface area contributed by atoms with Gasteiger partial charge in [0.2, 0.25) is 5.91 Å². The van der Waals surface area contributed by atoms with E-state index in [9.17, 15) is 14.4 Å². The van der Waals surface area contributed by atoms with Gasteiger partial charge in [-0.3, -0.25) is 4.79 Å². The summed E-state index contributed by atoms with van der Waals surface area (Å²) in [5.41, 5.74) is 5.19. The van der Waals surface area contributed by atoms with Crippen LogP contribution in [0.1, 0.15) is 13.8 Å². The standard InChI is InChI=1S/C11H19N3O5/c1-6(2)8(10(16)17)13-11(18)14-3-4-19-5-7(14)9(12)15/h6-8H,3-5H2,1-2H3,(H2,12,15)(H,13,18)(H,16,17). The number of morpholine rings is 1. The van der Waals surface area contributed by atoms with Crippen LogP contribution in [0, 0.1) is 5.92 Å². The van der Waals surface area contributed by atoms with Gasteiger partial charge >= 0.3 is 12.0 Å². The molecule has 8 heteroatoms. The number of nitrogens with zero attached hydrogens (tertiary/aromatic N) is 1. The molecule has 4 N–H and O–H groups in total. The van der Waals surface area contributed by atoms with Crippen LogP contribution >= 0.6 is 0 Å². The van der Waals surface area contributed by atoms with E-state index in [-0.39, 0.29) is 25.7 Å². The number of urea groups is 1. The van der Waals surface area contributed by atoms with Gasteiger partial charge in [0.05, 0.1) is 13.2 Å². The van der Waals surface area contributed by atoms with Crippen molar-refractivity contribution in [2.75, 3.05) is 19.8 Å². The molecule has 1 rings (SSSR count). The van der Waals surface area contributed by atoms with Gasteiger partial charge in [-0.25, -0.2) is 9.59 Å². The Balaban J connectivity index is 2.74. The molecule has 0 radical (unpaired) electrons. The lowest BCUT2D eigenvalue weighted by atomic mass is 10.1. The van der Waals surface area contributed by atoms with E-state index in [1.54, 1.807) is 13.8 Å². The minimum Gasteiger partial charge on any atom is -0.480 e. The third-order valence-electron chi connectivity index (χ3n) is 2.93. The number of nitrogens with one attached hydrogen (secondary N) is 1. The number of hydrogen-bond acceptors (Lipinski definition) is 4. The molecule has 19 heavy (non-hydrogen) atoms. The maximum absolute atomic E-state index is 12.0. The topological polar surface area (TPSA) is 122 Å². The molecule has 0 aliphatic carbocycles. The van der Waals surface area contributed by atoms with Gasteiger partial charge in [0.15, 0.2) is 0 Å². The first-order chi connectivity index (χ1) is 8.84. The van der Waals surface area contributed by atoms with Gasteiger partial charge in [-0.1, -0.05) is 13.8 Å². The smallest absolute Gasteiger partial charge is 0.326 e. The fraction of sp³-hybridized carbons (Fsp3) is 0.727. The highest BCUT2D eigenvalue weighted by Gasteiger charge is 2.34. The number of rotatable bonds is 4. The van der Waals surface area contributed by atoms with Crippen molar-refractivity contribution in [2.24, 2.45) is 11.7 Å². The van der Waals surface area contributed by atoms with Gasteiger partial charge in [0, 0.05) is 6.54 Å². The summed E-state index contributed by atoms with van der Waals surface area (Å²) in [7, 11) is 0. The third-order valence-corrected chi connectivity index (χ3v) is 2.93. The van der Waals surface area contributed by atoms with E-state index in [4.69, 9.17) is 15.6 Å². The monoisotopic (exact) mass is 273 g/mol. The van der Waals surface area contributed by atoms with Gasteiger partial charge in [0.1, 0.15) is 12.1 Å². The van der Waals surface area contributed by atoms with Crippen LogP contribution in [0.4, 0.5) is 4.79 Å². The number of nitrogens with two attached hydrogens (primary N) is 1. The van der Waals surface area contributed by atoms with Crippen molar-refractivity contribution in [1.29, 1.82) is 0 Å². The SMILES string of the molecule is CC(C)C(NC(=O)N1CCOCC1C(N)=O)C(=O)O. The number of aliphatic carboxylic acids is 1. The van der Waals surface area contributed by atoms with Gasteiger partial charge in [-0.15, -0.1) is 0 Å². The summed E-state index contributed by atoms with van der Waals surface area (Å²) in [6.45, 7) is 3.89. The van der Waals surface area contributed by atoms with E-state index in [2.05, 4.69) is 5.32 Å². The summed E-state index contributed by atoms with van der Waals surface area (Å²) in [5.74, 6) is -2.06. The largest absolute Gasteiger partial charge is 0.480 e.